The van der Waals surface area contributed by atoms with Crippen molar-refractivity contribution in [2.24, 2.45) is 0 Å². The van der Waals surface area contributed by atoms with Crippen LogP contribution >= 0.6 is 11.8 Å². The van der Waals surface area contributed by atoms with Gasteiger partial charge in [-0.1, -0.05) is 6.07 Å². The lowest BCUT2D eigenvalue weighted by atomic mass is 10.1. The first kappa shape index (κ1) is 13.5. The van der Waals surface area contributed by atoms with Gasteiger partial charge in [-0.05, 0) is 37.1 Å². The maximum absolute atomic E-state index is 11.2. The molecule has 0 fully saturated rings. The fourth-order valence-corrected chi connectivity index (χ4v) is 2.82. The molecule has 0 bridgehead atoms. The van der Waals surface area contributed by atoms with Gasteiger partial charge in [0.05, 0.1) is 10.6 Å². The molecule has 0 aliphatic carbocycles. The number of aryl methyl sites for hydroxylation is 2. The largest absolute Gasteiger partial charge is 0.478 e. The van der Waals surface area contributed by atoms with Gasteiger partial charge in [0.15, 0.2) is 0 Å². The molecule has 5 heteroatoms. The minimum Gasteiger partial charge on any atom is -0.478 e. The van der Waals surface area contributed by atoms with Crippen LogP contribution in [0.4, 0.5) is 5.69 Å². The molecular formula is C14H13NO3S. The topological polar surface area (TPSA) is 66.4 Å². The monoisotopic (exact) mass is 275 g/mol. The summed E-state index contributed by atoms with van der Waals surface area (Å²) in [4.78, 5) is 21.9. The van der Waals surface area contributed by atoms with E-state index < -0.39 is 5.97 Å². The van der Waals surface area contributed by atoms with Crippen LogP contribution in [0.3, 0.4) is 0 Å². The summed E-state index contributed by atoms with van der Waals surface area (Å²) in [6.07, 6.45) is 0. The first-order valence-electron chi connectivity index (χ1n) is 5.72. The van der Waals surface area contributed by atoms with Crippen molar-refractivity contribution in [2.45, 2.75) is 13.8 Å². The third-order valence-electron chi connectivity index (χ3n) is 2.99. The number of carboxylic acid groups (broad SMARTS) is 1. The van der Waals surface area contributed by atoms with Gasteiger partial charge in [-0.3, -0.25) is 0 Å². The van der Waals surface area contributed by atoms with Gasteiger partial charge in [-0.15, -0.1) is 11.8 Å². The first-order chi connectivity index (χ1) is 9.02. The number of hydrogen-bond acceptors (Lipinski definition) is 4. The van der Waals surface area contributed by atoms with E-state index in [0.29, 0.717) is 10.8 Å². The molecule has 19 heavy (non-hydrogen) atoms. The van der Waals surface area contributed by atoms with Crippen molar-refractivity contribution in [3.63, 3.8) is 0 Å². The molecule has 0 unspecified atom stereocenters. The van der Waals surface area contributed by atoms with Crippen molar-refractivity contribution in [3.05, 3.63) is 45.5 Å². The van der Waals surface area contributed by atoms with Crippen LogP contribution in [-0.2, 0) is 9.59 Å². The SMILES string of the molecule is Cc1ccc(NC2=C(C(=O)O)C(=C=O)CS2)cc1C. The van der Waals surface area contributed by atoms with Crippen LogP contribution in [0.1, 0.15) is 11.1 Å². The Labute approximate surface area is 115 Å². The first-order valence-corrected chi connectivity index (χ1v) is 6.70. The highest BCUT2D eigenvalue weighted by molar-refractivity contribution is 8.03. The number of benzene rings is 1. The molecule has 0 spiro atoms. The molecule has 0 aromatic heterocycles. The molecule has 1 aromatic rings. The maximum Gasteiger partial charge on any atom is 0.339 e. The number of thioether (sulfide) groups is 1. The fraction of sp³-hybridized carbons (Fsp3) is 0.214. The van der Waals surface area contributed by atoms with Crippen molar-refractivity contribution in [1.29, 1.82) is 0 Å². The van der Waals surface area contributed by atoms with Crippen LogP contribution in [0.2, 0.25) is 0 Å². The third kappa shape index (κ3) is 2.72. The number of hydrogen-bond donors (Lipinski definition) is 2. The minimum atomic E-state index is -1.10. The summed E-state index contributed by atoms with van der Waals surface area (Å²) in [7, 11) is 0. The normalized spacial score (nSPS) is 14.5. The van der Waals surface area contributed by atoms with Gasteiger partial charge in [-0.2, -0.15) is 0 Å². The van der Waals surface area contributed by atoms with Crippen LogP contribution in [0.25, 0.3) is 0 Å². The van der Waals surface area contributed by atoms with Gasteiger partial charge in [0.1, 0.15) is 11.5 Å². The molecule has 1 aliphatic heterocycles. The molecule has 1 aromatic carbocycles. The van der Waals surface area contributed by atoms with E-state index in [1.54, 1.807) is 5.94 Å². The van der Waals surface area contributed by atoms with Crippen molar-refractivity contribution in [2.75, 3.05) is 11.1 Å². The lowest BCUT2D eigenvalue weighted by molar-refractivity contribution is -0.132. The molecule has 0 saturated carbocycles. The molecule has 4 nitrogen and oxygen atoms in total. The van der Waals surface area contributed by atoms with E-state index in [1.807, 2.05) is 32.0 Å². The Morgan fingerprint density at radius 2 is 2.11 bits per heavy atom. The molecule has 0 atom stereocenters. The number of nitrogens with one attached hydrogen (secondary N) is 1. The van der Waals surface area contributed by atoms with E-state index in [2.05, 4.69) is 5.32 Å². The Kier molecular flexibility index (Phi) is 3.79. The smallest absolute Gasteiger partial charge is 0.339 e. The Morgan fingerprint density at radius 3 is 2.68 bits per heavy atom. The molecule has 1 aliphatic rings. The van der Waals surface area contributed by atoms with Gasteiger partial charge >= 0.3 is 5.97 Å². The summed E-state index contributed by atoms with van der Waals surface area (Å²) < 4.78 is 0. The number of aliphatic carboxylic acids is 1. The predicted molar refractivity (Wildman–Crippen MR) is 75.9 cm³/mol. The highest BCUT2D eigenvalue weighted by Gasteiger charge is 2.27. The average Bonchev–Trinajstić information content (AvgIpc) is 2.77. The molecule has 2 rings (SSSR count). The van der Waals surface area contributed by atoms with Crippen LogP contribution < -0.4 is 5.32 Å². The van der Waals surface area contributed by atoms with Gasteiger partial charge in [0.2, 0.25) is 0 Å². The van der Waals surface area contributed by atoms with Crippen LogP contribution in [-0.4, -0.2) is 22.8 Å². The number of carbonyl (C=O) groups excluding carboxylic acids is 1. The van der Waals surface area contributed by atoms with E-state index in [9.17, 15) is 9.59 Å². The molecule has 1 heterocycles. The number of anilines is 1. The van der Waals surface area contributed by atoms with Crippen molar-refractivity contribution in [3.8, 4) is 0 Å². The Bertz CT molecular complexity index is 628. The summed E-state index contributed by atoms with van der Waals surface area (Å²) >= 11 is 1.30. The zero-order valence-corrected chi connectivity index (χ0v) is 11.4. The maximum atomic E-state index is 11.2. The van der Waals surface area contributed by atoms with Crippen molar-refractivity contribution in [1.82, 2.24) is 0 Å². The summed E-state index contributed by atoms with van der Waals surface area (Å²) in [6.45, 7) is 4.00. The lowest BCUT2D eigenvalue weighted by Gasteiger charge is -2.09. The lowest BCUT2D eigenvalue weighted by Crippen LogP contribution is -2.07. The zero-order chi connectivity index (χ0) is 14.0. The molecule has 0 amide bonds. The predicted octanol–water partition coefficient (Wildman–Crippen LogP) is 2.52. The van der Waals surface area contributed by atoms with Gasteiger partial charge < -0.3 is 10.4 Å². The van der Waals surface area contributed by atoms with Crippen molar-refractivity contribution >= 4 is 29.4 Å². The number of carbonyl (C=O) groups is 1. The van der Waals surface area contributed by atoms with Crippen LogP contribution in [0, 0.1) is 13.8 Å². The molecule has 0 saturated heterocycles. The fourth-order valence-electron chi connectivity index (χ4n) is 1.78. The minimum absolute atomic E-state index is 0.0261. The van der Waals surface area contributed by atoms with E-state index in [4.69, 9.17) is 5.11 Å². The average molecular weight is 275 g/mol. The summed E-state index contributed by atoms with van der Waals surface area (Å²) in [5, 5.41) is 12.7. The summed E-state index contributed by atoms with van der Waals surface area (Å²) in [5.41, 5.74) is 3.33. The number of carboxylic acids is 1. The molecule has 98 valence electrons. The van der Waals surface area contributed by atoms with Gasteiger partial charge in [-0.25, -0.2) is 9.59 Å². The number of rotatable bonds is 3. The van der Waals surface area contributed by atoms with Crippen molar-refractivity contribution < 1.29 is 14.7 Å². The Hall–Kier alpha value is -1.97. The molecule has 0 radical (unpaired) electrons. The highest BCUT2D eigenvalue weighted by Crippen LogP contribution is 2.35. The third-order valence-corrected chi connectivity index (χ3v) is 4.02. The Balaban J connectivity index is 2.36. The standard InChI is InChI=1S/C14H13NO3S/c1-8-3-4-11(5-9(8)2)15-13-12(14(17)18)10(6-16)7-19-13/h3-5,15H,7H2,1-2H3,(H,17,18). The van der Waals surface area contributed by atoms with Gasteiger partial charge in [0, 0.05) is 11.4 Å². The Morgan fingerprint density at radius 1 is 1.37 bits per heavy atom. The van der Waals surface area contributed by atoms with E-state index in [0.717, 1.165) is 11.3 Å². The van der Waals surface area contributed by atoms with Crippen LogP contribution in [0.5, 0.6) is 0 Å². The van der Waals surface area contributed by atoms with Gasteiger partial charge in [0.25, 0.3) is 0 Å². The second kappa shape index (κ2) is 5.34. The second-order valence-electron chi connectivity index (χ2n) is 4.30. The summed E-state index contributed by atoms with van der Waals surface area (Å²) in [5.74, 6) is 0.942. The molecular weight excluding hydrogens is 262 g/mol. The van der Waals surface area contributed by atoms with E-state index >= 15 is 0 Å². The second-order valence-corrected chi connectivity index (χ2v) is 5.29. The quantitative estimate of drug-likeness (QED) is 0.830. The zero-order valence-electron chi connectivity index (χ0n) is 10.6. The van der Waals surface area contributed by atoms with E-state index in [1.165, 1.54) is 17.3 Å². The van der Waals surface area contributed by atoms with E-state index in [-0.39, 0.29) is 11.1 Å². The highest BCUT2D eigenvalue weighted by atomic mass is 32.2. The van der Waals surface area contributed by atoms with Crippen LogP contribution in [0.15, 0.2) is 34.4 Å². The summed E-state index contributed by atoms with van der Waals surface area (Å²) in [6, 6.07) is 5.80. The molecule has 2 N–H and O–H groups in total.